The summed E-state index contributed by atoms with van der Waals surface area (Å²) >= 11 is 0. The highest BCUT2D eigenvalue weighted by molar-refractivity contribution is 7.89. The van der Waals surface area contributed by atoms with Crippen LogP contribution >= 0.6 is 0 Å². The third kappa shape index (κ3) is 3.61. The average Bonchev–Trinajstić information content (AvgIpc) is 3.35. The fourth-order valence-corrected chi connectivity index (χ4v) is 4.96. The van der Waals surface area contributed by atoms with Crippen LogP contribution in [0.2, 0.25) is 0 Å². The van der Waals surface area contributed by atoms with Gasteiger partial charge in [-0.25, -0.2) is 8.42 Å². The maximum Gasteiger partial charge on any atom is 0.243 e. The van der Waals surface area contributed by atoms with Crippen molar-refractivity contribution in [2.75, 3.05) is 26.5 Å². The van der Waals surface area contributed by atoms with Crippen LogP contribution in [-0.2, 0) is 10.0 Å². The topological polar surface area (TPSA) is 65.1 Å². The molecule has 27 heavy (non-hydrogen) atoms. The molecule has 1 saturated heterocycles. The van der Waals surface area contributed by atoms with Crippen LogP contribution in [0.5, 0.6) is 17.2 Å². The summed E-state index contributed by atoms with van der Waals surface area (Å²) in [6.07, 6.45) is 1.70. The number of fused-ring (bicyclic) bond motifs is 1. The van der Waals surface area contributed by atoms with Crippen LogP contribution in [0, 0.1) is 0 Å². The molecule has 2 heterocycles. The first kappa shape index (κ1) is 18.1. The lowest BCUT2D eigenvalue weighted by atomic mass is 9.98. The van der Waals surface area contributed by atoms with E-state index in [9.17, 15) is 8.42 Å². The van der Waals surface area contributed by atoms with Gasteiger partial charge in [-0.2, -0.15) is 4.31 Å². The van der Waals surface area contributed by atoms with Crippen molar-refractivity contribution >= 4 is 10.0 Å². The first-order chi connectivity index (χ1) is 13.1. The Morgan fingerprint density at radius 1 is 1.11 bits per heavy atom. The van der Waals surface area contributed by atoms with Gasteiger partial charge in [0.05, 0.1) is 11.5 Å². The van der Waals surface area contributed by atoms with Crippen LogP contribution in [0.4, 0.5) is 0 Å². The minimum absolute atomic E-state index is 0.154. The number of benzene rings is 2. The van der Waals surface area contributed by atoms with E-state index in [1.165, 1.54) is 0 Å². The summed E-state index contributed by atoms with van der Waals surface area (Å²) in [5, 5.41) is 0. The summed E-state index contributed by atoms with van der Waals surface area (Å²) in [5.74, 6) is 2.32. The molecule has 4 rings (SSSR count). The lowest BCUT2D eigenvalue weighted by molar-refractivity contribution is 0.174. The quantitative estimate of drug-likeness (QED) is 0.758. The Hall–Kier alpha value is -2.25. The molecule has 144 valence electrons. The highest BCUT2D eigenvalue weighted by Crippen LogP contribution is 2.38. The van der Waals surface area contributed by atoms with Gasteiger partial charge in [0.15, 0.2) is 11.5 Å². The molecular formula is C20H23NO5S. The van der Waals surface area contributed by atoms with Gasteiger partial charge in [0.2, 0.25) is 16.8 Å². The summed E-state index contributed by atoms with van der Waals surface area (Å²) in [4.78, 5) is 0.303. The van der Waals surface area contributed by atoms with Crippen LogP contribution in [0.25, 0.3) is 0 Å². The minimum Gasteiger partial charge on any atom is -0.494 e. The zero-order valence-electron chi connectivity index (χ0n) is 15.3. The van der Waals surface area contributed by atoms with Crippen molar-refractivity contribution < 1.29 is 22.6 Å². The third-order valence-corrected chi connectivity index (χ3v) is 6.83. The largest absolute Gasteiger partial charge is 0.494 e. The van der Waals surface area contributed by atoms with Crippen molar-refractivity contribution in [2.45, 2.75) is 30.6 Å². The summed E-state index contributed by atoms with van der Waals surface area (Å²) in [5.41, 5.74) is 1.08. The van der Waals surface area contributed by atoms with E-state index >= 15 is 0 Å². The van der Waals surface area contributed by atoms with Gasteiger partial charge in [-0.1, -0.05) is 13.0 Å². The van der Waals surface area contributed by atoms with Gasteiger partial charge in [-0.15, -0.1) is 0 Å². The lowest BCUT2D eigenvalue weighted by Crippen LogP contribution is -2.28. The van der Waals surface area contributed by atoms with Gasteiger partial charge in [0.1, 0.15) is 5.75 Å². The van der Waals surface area contributed by atoms with Crippen LogP contribution < -0.4 is 14.2 Å². The molecule has 2 aromatic rings. The molecule has 6 nitrogen and oxygen atoms in total. The van der Waals surface area contributed by atoms with Crippen molar-refractivity contribution in [3.63, 3.8) is 0 Å². The molecule has 2 aliphatic heterocycles. The Labute approximate surface area is 159 Å². The van der Waals surface area contributed by atoms with E-state index in [2.05, 4.69) is 0 Å². The Balaban J connectivity index is 1.47. The molecule has 0 aliphatic carbocycles. The SMILES string of the molecule is CCCOc1ccc(S(=O)(=O)N2CCC(c3ccc4c(c3)OCO4)C2)cc1. The second-order valence-corrected chi connectivity index (χ2v) is 8.72. The molecule has 0 bridgehead atoms. The van der Waals surface area contributed by atoms with Crippen molar-refractivity contribution in [1.82, 2.24) is 4.31 Å². The first-order valence-corrected chi connectivity index (χ1v) is 10.6. The van der Waals surface area contributed by atoms with Crippen molar-refractivity contribution in [2.24, 2.45) is 0 Å². The van der Waals surface area contributed by atoms with E-state index in [-0.39, 0.29) is 12.7 Å². The number of sulfonamides is 1. The Morgan fingerprint density at radius 2 is 1.89 bits per heavy atom. The van der Waals surface area contributed by atoms with E-state index < -0.39 is 10.0 Å². The molecule has 1 unspecified atom stereocenters. The first-order valence-electron chi connectivity index (χ1n) is 9.20. The van der Waals surface area contributed by atoms with Gasteiger partial charge >= 0.3 is 0 Å². The third-order valence-electron chi connectivity index (χ3n) is 4.95. The molecule has 2 aliphatic rings. The van der Waals surface area contributed by atoms with Crippen LogP contribution in [-0.4, -0.2) is 39.2 Å². The maximum atomic E-state index is 13.0. The summed E-state index contributed by atoms with van der Waals surface area (Å²) in [6, 6.07) is 12.5. The predicted octanol–water partition coefficient (Wildman–Crippen LogP) is 3.38. The number of ether oxygens (including phenoxy) is 3. The highest BCUT2D eigenvalue weighted by atomic mass is 32.2. The van der Waals surface area contributed by atoms with E-state index in [0.717, 1.165) is 29.9 Å². The van der Waals surface area contributed by atoms with E-state index in [1.807, 2.05) is 25.1 Å². The Kier molecular flexibility index (Phi) is 4.97. The molecule has 0 radical (unpaired) electrons. The Morgan fingerprint density at radius 3 is 2.67 bits per heavy atom. The normalized spacial score (nSPS) is 19.4. The summed E-state index contributed by atoms with van der Waals surface area (Å²) in [7, 11) is -3.51. The van der Waals surface area contributed by atoms with E-state index in [0.29, 0.717) is 30.3 Å². The van der Waals surface area contributed by atoms with Gasteiger partial charge in [-0.05, 0) is 60.7 Å². The minimum atomic E-state index is -3.51. The zero-order chi connectivity index (χ0) is 18.9. The Bertz CT molecular complexity index is 910. The predicted molar refractivity (Wildman–Crippen MR) is 101 cm³/mol. The lowest BCUT2D eigenvalue weighted by Gasteiger charge is -2.17. The molecular weight excluding hydrogens is 366 g/mol. The van der Waals surface area contributed by atoms with Gasteiger partial charge in [0, 0.05) is 13.1 Å². The van der Waals surface area contributed by atoms with Crippen LogP contribution in [0.15, 0.2) is 47.4 Å². The fourth-order valence-electron chi connectivity index (χ4n) is 3.46. The van der Waals surface area contributed by atoms with Crippen molar-refractivity contribution in [3.05, 3.63) is 48.0 Å². The smallest absolute Gasteiger partial charge is 0.243 e. The number of nitrogens with zero attached hydrogens (tertiary/aromatic N) is 1. The molecule has 0 aromatic heterocycles. The van der Waals surface area contributed by atoms with Crippen molar-refractivity contribution in [3.8, 4) is 17.2 Å². The zero-order valence-corrected chi connectivity index (χ0v) is 16.1. The molecule has 0 amide bonds. The molecule has 1 fully saturated rings. The number of hydrogen-bond donors (Lipinski definition) is 0. The molecule has 0 N–H and O–H groups in total. The average molecular weight is 389 g/mol. The number of hydrogen-bond acceptors (Lipinski definition) is 5. The molecule has 0 spiro atoms. The summed E-state index contributed by atoms with van der Waals surface area (Å²) in [6.45, 7) is 3.87. The molecule has 2 aromatic carbocycles. The maximum absolute atomic E-state index is 13.0. The molecule has 7 heteroatoms. The van der Waals surface area contributed by atoms with Crippen molar-refractivity contribution in [1.29, 1.82) is 0 Å². The van der Waals surface area contributed by atoms with E-state index in [4.69, 9.17) is 14.2 Å². The standard InChI is InChI=1S/C20H23NO5S/c1-2-11-24-17-4-6-18(7-5-17)27(22,23)21-10-9-16(13-21)15-3-8-19-20(12-15)26-14-25-19/h3-8,12,16H,2,9-11,13-14H2,1H3. The second kappa shape index (κ2) is 7.40. The van der Waals surface area contributed by atoms with Crippen LogP contribution in [0.3, 0.4) is 0 Å². The van der Waals surface area contributed by atoms with E-state index in [1.54, 1.807) is 28.6 Å². The van der Waals surface area contributed by atoms with Gasteiger partial charge in [0.25, 0.3) is 0 Å². The van der Waals surface area contributed by atoms with Gasteiger partial charge < -0.3 is 14.2 Å². The summed E-state index contributed by atoms with van der Waals surface area (Å²) < 4.78 is 43.8. The number of rotatable bonds is 6. The highest BCUT2D eigenvalue weighted by Gasteiger charge is 2.33. The van der Waals surface area contributed by atoms with Gasteiger partial charge in [-0.3, -0.25) is 0 Å². The fraction of sp³-hybridized carbons (Fsp3) is 0.400. The monoisotopic (exact) mass is 389 g/mol. The molecule has 0 saturated carbocycles. The van der Waals surface area contributed by atoms with Crippen LogP contribution in [0.1, 0.15) is 31.2 Å². The second-order valence-electron chi connectivity index (χ2n) is 6.78. The molecule has 1 atom stereocenters.